The van der Waals surface area contributed by atoms with Crippen LogP contribution in [0.2, 0.25) is 0 Å². The van der Waals surface area contributed by atoms with Crippen LogP contribution in [0.25, 0.3) is 0 Å². The van der Waals surface area contributed by atoms with E-state index >= 15 is 0 Å². The highest BCUT2D eigenvalue weighted by Crippen LogP contribution is 1.44. The van der Waals surface area contributed by atoms with Crippen molar-refractivity contribution < 1.29 is 18.4 Å². The number of rotatable bonds is 0. The van der Waals surface area contributed by atoms with Gasteiger partial charge in [-0.1, -0.05) is 0 Å². The minimum atomic E-state index is -2.61. The van der Waals surface area contributed by atoms with Crippen LogP contribution in [0.1, 0.15) is 6.92 Å². The molecule has 0 saturated heterocycles. The van der Waals surface area contributed by atoms with Gasteiger partial charge < -0.3 is 5.11 Å². The van der Waals surface area contributed by atoms with Gasteiger partial charge in [-0.3, -0.25) is 9.11 Å². The topological polar surface area (TPSA) is 77.8 Å². The van der Waals surface area contributed by atoms with Crippen LogP contribution in [0.4, 0.5) is 0 Å². The van der Waals surface area contributed by atoms with Crippen LogP contribution in [-0.4, -0.2) is 25.0 Å². The van der Waals surface area contributed by atoms with Gasteiger partial charge in [-0.05, 0) is 6.92 Å². The fourth-order valence-electron chi connectivity index (χ4n) is 0. The molecule has 7 heavy (non-hydrogen) atoms. The van der Waals surface area contributed by atoms with Crippen LogP contribution >= 0.6 is 0 Å². The highest BCUT2D eigenvalue weighted by molar-refractivity contribution is 7.73. The molecular weight excluding hydrogens is 120 g/mol. The van der Waals surface area contributed by atoms with Crippen molar-refractivity contribution in [3.63, 3.8) is 0 Å². The fourth-order valence-corrected chi connectivity index (χ4v) is 0. The van der Waals surface area contributed by atoms with Crippen molar-refractivity contribution in [3.05, 3.63) is 0 Å². The molecule has 4 nitrogen and oxygen atoms in total. The molecule has 0 radical (unpaired) electrons. The van der Waals surface area contributed by atoms with Crippen LogP contribution in [0.15, 0.2) is 0 Å². The average Bonchev–Trinajstić information content (AvgIpc) is 1.33. The lowest BCUT2D eigenvalue weighted by Gasteiger charge is -1.59. The zero-order chi connectivity index (χ0) is 6.28. The van der Waals surface area contributed by atoms with E-state index < -0.39 is 11.4 Å². The summed E-state index contributed by atoms with van der Waals surface area (Å²) in [7, 11) is 0. The van der Waals surface area contributed by atoms with Gasteiger partial charge in [0, 0.05) is 6.61 Å². The molecule has 0 amide bonds. The predicted octanol–water partition coefficient (Wildman–Crippen LogP) is -0.320. The largest absolute Gasteiger partial charge is 0.397 e. The number of hydrogen-bond donors (Lipinski definition) is 3. The number of aliphatic hydroxyl groups is 1. The molecule has 0 rings (SSSR count). The lowest BCUT2D eigenvalue weighted by atomic mass is 10.9. The van der Waals surface area contributed by atoms with E-state index in [0.717, 1.165) is 0 Å². The number of hydrogen-bond acceptors (Lipinski definition) is 2. The first-order valence-corrected chi connectivity index (χ1v) is 2.62. The minimum absolute atomic E-state index is 0.250. The Bertz CT molecular complexity index is 41.0. The van der Waals surface area contributed by atoms with Crippen molar-refractivity contribution >= 4 is 11.4 Å². The third-order valence-electron chi connectivity index (χ3n) is 0. The van der Waals surface area contributed by atoms with Crippen LogP contribution in [-0.2, 0) is 11.4 Å². The smallest absolute Gasteiger partial charge is 0.299 e. The Kier molecular flexibility index (Phi) is 13.6. The van der Waals surface area contributed by atoms with Crippen molar-refractivity contribution in [2.24, 2.45) is 0 Å². The van der Waals surface area contributed by atoms with Gasteiger partial charge in [0.1, 0.15) is 0 Å². The molecule has 0 aromatic rings. The Morgan fingerprint density at radius 2 is 1.57 bits per heavy atom. The summed E-state index contributed by atoms with van der Waals surface area (Å²) in [6.45, 7) is 1.93. The Morgan fingerprint density at radius 3 is 1.57 bits per heavy atom. The lowest BCUT2D eigenvalue weighted by molar-refractivity contribution is 0.318. The van der Waals surface area contributed by atoms with E-state index in [4.69, 9.17) is 18.4 Å². The molecule has 0 aliphatic carbocycles. The minimum Gasteiger partial charge on any atom is -0.397 e. The molecular formula is C2H8O4S. The van der Waals surface area contributed by atoms with E-state index in [1.54, 1.807) is 6.92 Å². The SMILES string of the molecule is CCO.O=S(O)O. The monoisotopic (exact) mass is 128 g/mol. The normalized spacial score (nSPS) is 7.57. The Morgan fingerprint density at radius 1 is 1.57 bits per heavy atom. The highest BCUT2D eigenvalue weighted by atomic mass is 32.2. The second-order valence-corrected chi connectivity index (χ2v) is 1.01. The van der Waals surface area contributed by atoms with Crippen molar-refractivity contribution in [2.75, 3.05) is 6.61 Å². The van der Waals surface area contributed by atoms with E-state index in [0.29, 0.717) is 0 Å². The van der Waals surface area contributed by atoms with Crippen molar-refractivity contribution in [1.29, 1.82) is 0 Å². The Labute approximate surface area is 44.3 Å². The maximum absolute atomic E-state index is 8.67. The van der Waals surface area contributed by atoms with E-state index in [1.807, 2.05) is 0 Å². The van der Waals surface area contributed by atoms with Gasteiger partial charge in [0.2, 0.25) is 0 Å². The second-order valence-electron chi connectivity index (χ2n) is 0.547. The molecule has 0 saturated carbocycles. The van der Waals surface area contributed by atoms with Crippen LogP contribution in [0.5, 0.6) is 0 Å². The number of aliphatic hydroxyl groups excluding tert-OH is 1. The van der Waals surface area contributed by atoms with Gasteiger partial charge in [-0.25, -0.2) is 0 Å². The summed E-state index contributed by atoms with van der Waals surface area (Å²) >= 11 is -2.61. The van der Waals surface area contributed by atoms with Crippen LogP contribution in [0.3, 0.4) is 0 Å². The molecule has 0 aliphatic heterocycles. The van der Waals surface area contributed by atoms with Gasteiger partial charge in [-0.15, -0.1) is 0 Å². The average molecular weight is 128 g/mol. The standard InChI is InChI=1S/C2H6O.H2O3S/c1-2-3;1-4(2)3/h3H,2H2,1H3;(H2,1,2,3). The molecule has 0 bridgehead atoms. The second kappa shape index (κ2) is 9.39. The lowest BCUT2D eigenvalue weighted by Crippen LogP contribution is -1.74. The van der Waals surface area contributed by atoms with Crippen LogP contribution < -0.4 is 0 Å². The van der Waals surface area contributed by atoms with E-state index in [9.17, 15) is 0 Å². The highest BCUT2D eigenvalue weighted by Gasteiger charge is 1.62. The summed E-state index contributed by atoms with van der Waals surface area (Å²) in [4.78, 5) is 0. The summed E-state index contributed by atoms with van der Waals surface area (Å²) < 4.78 is 22.8. The first-order chi connectivity index (χ1) is 3.15. The summed E-state index contributed by atoms with van der Waals surface area (Å²) in [5, 5.41) is 7.57. The molecule has 0 atom stereocenters. The quantitative estimate of drug-likeness (QED) is 0.391. The Hall–Kier alpha value is 0.0300. The molecule has 0 spiro atoms. The first-order valence-electron chi connectivity index (χ1n) is 1.56. The molecule has 0 aliphatic rings. The van der Waals surface area contributed by atoms with Gasteiger partial charge in [0.05, 0.1) is 0 Å². The Balaban J connectivity index is 0. The zero-order valence-electron chi connectivity index (χ0n) is 3.87. The van der Waals surface area contributed by atoms with Gasteiger partial charge >= 0.3 is 0 Å². The third kappa shape index (κ3) is 109000. The van der Waals surface area contributed by atoms with Crippen LogP contribution in [0, 0.1) is 0 Å². The maximum Gasteiger partial charge on any atom is 0.299 e. The molecule has 0 heterocycles. The summed E-state index contributed by atoms with van der Waals surface area (Å²) in [5.41, 5.74) is 0. The van der Waals surface area contributed by atoms with E-state index in [1.165, 1.54) is 0 Å². The van der Waals surface area contributed by atoms with Crippen molar-refractivity contribution in [2.45, 2.75) is 6.92 Å². The molecule has 0 fully saturated rings. The summed E-state index contributed by atoms with van der Waals surface area (Å²) in [6, 6.07) is 0. The maximum atomic E-state index is 8.67. The van der Waals surface area contributed by atoms with Gasteiger partial charge in [0.25, 0.3) is 11.4 Å². The molecule has 0 aromatic carbocycles. The molecule has 46 valence electrons. The summed E-state index contributed by atoms with van der Waals surface area (Å²) in [5.74, 6) is 0. The fraction of sp³-hybridized carbons (Fsp3) is 1.00. The molecule has 5 heteroatoms. The molecule has 0 unspecified atom stereocenters. The molecule has 3 N–H and O–H groups in total. The molecule has 0 aromatic heterocycles. The van der Waals surface area contributed by atoms with Crippen molar-refractivity contribution in [3.8, 4) is 0 Å². The summed E-state index contributed by atoms with van der Waals surface area (Å²) in [6.07, 6.45) is 0. The predicted molar refractivity (Wildman–Crippen MR) is 26.2 cm³/mol. The van der Waals surface area contributed by atoms with Gasteiger partial charge in [0.15, 0.2) is 0 Å². The van der Waals surface area contributed by atoms with E-state index in [2.05, 4.69) is 0 Å². The van der Waals surface area contributed by atoms with E-state index in [-0.39, 0.29) is 6.61 Å². The first kappa shape index (κ1) is 10.1. The van der Waals surface area contributed by atoms with Gasteiger partial charge in [-0.2, -0.15) is 4.21 Å². The zero-order valence-corrected chi connectivity index (χ0v) is 4.68. The van der Waals surface area contributed by atoms with Crippen molar-refractivity contribution in [1.82, 2.24) is 0 Å². The third-order valence-corrected chi connectivity index (χ3v) is 0.